The molecular weight excluding hydrogens is 260 g/mol. The predicted molar refractivity (Wildman–Crippen MR) is 72.1 cm³/mol. The zero-order chi connectivity index (χ0) is 15.0. The first-order valence-electron chi connectivity index (χ1n) is 6.13. The molecule has 0 fully saturated rings. The van der Waals surface area contributed by atoms with E-state index < -0.39 is 11.9 Å². The Labute approximate surface area is 117 Å². The number of carbonyl (C=O) groups is 3. The molecule has 0 bridgehead atoms. The van der Waals surface area contributed by atoms with Crippen molar-refractivity contribution in [3.8, 4) is 0 Å². The number of ether oxygens (including phenoxy) is 2. The average Bonchev–Trinajstić information content (AvgIpc) is 2.45. The molecule has 0 saturated heterocycles. The fraction of sp³-hybridized carbons (Fsp3) is 0.267. The number of ketones is 1. The summed E-state index contributed by atoms with van der Waals surface area (Å²) in [5.41, 5.74) is 0.417. The van der Waals surface area contributed by atoms with E-state index >= 15 is 0 Å². The molecule has 5 nitrogen and oxygen atoms in total. The summed E-state index contributed by atoms with van der Waals surface area (Å²) < 4.78 is 9.49. The molecule has 1 aromatic carbocycles. The van der Waals surface area contributed by atoms with Gasteiger partial charge in [0.2, 0.25) is 0 Å². The van der Waals surface area contributed by atoms with Crippen LogP contribution in [0.15, 0.2) is 42.5 Å². The van der Waals surface area contributed by atoms with Crippen LogP contribution in [0, 0.1) is 0 Å². The monoisotopic (exact) mass is 276 g/mol. The van der Waals surface area contributed by atoms with Gasteiger partial charge in [-0.2, -0.15) is 0 Å². The van der Waals surface area contributed by atoms with Gasteiger partial charge in [-0.3, -0.25) is 9.59 Å². The summed E-state index contributed by atoms with van der Waals surface area (Å²) in [4.78, 5) is 34.4. The van der Waals surface area contributed by atoms with E-state index in [0.29, 0.717) is 5.56 Å². The molecule has 0 aliphatic heterocycles. The molecule has 1 aromatic rings. The molecule has 0 heterocycles. The van der Waals surface area contributed by atoms with Crippen LogP contribution in [0.2, 0.25) is 0 Å². The molecule has 5 heteroatoms. The van der Waals surface area contributed by atoms with Gasteiger partial charge in [-0.25, -0.2) is 4.79 Å². The van der Waals surface area contributed by atoms with Gasteiger partial charge in [0.15, 0.2) is 12.4 Å². The topological polar surface area (TPSA) is 69.7 Å². The van der Waals surface area contributed by atoms with Crippen LogP contribution in [-0.2, 0) is 19.1 Å². The lowest BCUT2D eigenvalue weighted by Crippen LogP contribution is -2.17. The molecule has 0 atom stereocenters. The summed E-state index contributed by atoms with van der Waals surface area (Å²) >= 11 is 0. The van der Waals surface area contributed by atoms with Crippen molar-refractivity contribution >= 4 is 17.7 Å². The maximum Gasteiger partial charge on any atom is 0.334 e. The van der Waals surface area contributed by atoms with E-state index in [0.717, 1.165) is 0 Å². The Morgan fingerprint density at radius 1 is 1.10 bits per heavy atom. The molecule has 0 aliphatic rings. The van der Waals surface area contributed by atoms with E-state index in [1.165, 1.54) is 0 Å². The second-order valence-corrected chi connectivity index (χ2v) is 3.95. The zero-order valence-electron chi connectivity index (χ0n) is 11.3. The van der Waals surface area contributed by atoms with E-state index in [2.05, 4.69) is 11.3 Å². The average molecular weight is 276 g/mol. The first kappa shape index (κ1) is 15.6. The van der Waals surface area contributed by atoms with Crippen molar-refractivity contribution in [3.05, 3.63) is 48.0 Å². The number of rotatable bonds is 7. The Bertz CT molecular complexity index is 504. The standard InChI is InChI=1S/C15H16O5/c1-3-19-14(17)9-11(2)15(18)20-10-13(16)12-7-5-4-6-8-12/h4-8H,2-3,9-10H2,1H3. The van der Waals surface area contributed by atoms with Crippen LogP contribution in [0.1, 0.15) is 23.7 Å². The summed E-state index contributed by atoms with van der Waals surface area (Å²) in [6.45, 7) is 4.95. The highest BCUT2D eigenvalue weighted by Gasteiger charge is 2.15. The van der Waals surface area contributed by atoms with Crippen molar-refractivity contribution < 1.29 is 23.9 Å². The number of benzene rings is 1. The molecular formula is C15H16O5. The largest absolute Gasteiger partial charge is 0.466 e. The molecule has 0 spiro atoms. The van der Waals surface area contributed by atoms with Crippen LogP contribution >= 0.6 is 0 Å². The normalized spacial score (nSPS) is 9.65. The molecule has 0 amide bonds. The molecule has 0 N–H and O–H groups in total. The highest BCUT2D eigenvalue weighted by Crippen LogP contribution is 2.05. The van der Waals surface area contributed by atoms with Gasteiger partial charge in [0.1, 0.15) is 0 Å². The smallest absolute Gasteiger partial charge is 0.334 e. The SMILES string of the molecule is C=C(CC(=O)OCC)C(=O)OCC(=O)c1ccccc1. The summed E-state index contributed by atoms with van der Waals surface area (Å²) in [5.74, 6) is -1.64. The third-order valence-corrected chi connectivity index (χ3v) is 2.38. The van der Waals surface area contributed by atoms with Gasteiger partial charge in [0.25, 0.3) is 0 Å². The zero-order valence-corrected chi connectivity index (χ0v) is 11.3. The number of hydrogen-bond donors (Lipinski definition) is 0. The van der Waals surface area contributed by atoms with Crippen LogP contribution in [0.3, 0.4) is 0 Å². The molecule has 0 saturated carbocycles. The van der Waals surface area contributed by atoms with Gasteiger partial charge in [0, 0.05) is 11.1 Å². The Balaban J connectivity index is 2.41. The minimum atomic E-state index is -0.776. The second-order valence-electron chi connectivity index (χ2n) is 3.95. The fourth-order valence-corrected chi connectivity index (χ4v) is 1.40. The van der Waals surface area contributed by atoms with Crippen molar-refractivity contribution in [2.45, 2.75) is 13.3 Å². The maximum atomic E-state index is 11.7. The minimum Gasteiger partial charge on any atom is -0.466 e. The van der Waals surface area contributed by atoms with Crippen LogP contribution in [0.4, 0.5) is 0 Å². The molecule has 0 radical (unpaired) electrons. The highest BCUT2D eigenvalue weighted by atomic mass is 16.5. The molecule has 1 rings (SSSR count). The minimum absolute atomic E-state index is 0.0377. The third-order valence-electron chi connectivity index (χ3n) is 2.38. The van der Waals surface area contributed by atoms with Gasteiger partial charge < -0.3 is 9.47 Å². The lowest BCUT2D eigenvalue weighted by molar-refractivity contribution is -0.145. The summed E-state index contributed by atoms with van der Waals surface area (Å²) in [6.07, 6.45) is -0.244. The fourth-order valence-electron chi connectivity index (χ4n) is 1.40. The van der Waals surface area contributed by atoms with Crippen LogP contribution < -0.4 is 0 Å². The molecule has 0 aromatic heterocycles. The predicted octanol–water partition coefficient (Wildman–Crippen LogP) is 1.92. The van der Waals surface area contributed by atoms with E-state index in [9.17, 15) is 14.4 Å². The van der Waals surface area contributed by atoms with Crippen molar-refractivity contribution in [2.75, 3.05) is 13.2 Å². The Morgan fingerprint density at radius 3 is 2.35 bits per heavy atom. The van der Waals surface area contributed by atoms with Crippen molar-refractivity contribution in [1.82, 2.24) is 0 Å². The lowest BCUT2D eigenvalue weighted by atomic mass is 10.1. The number of Topliss-reactive ketones (excluding diaryl/α,β-unsaturated/α-hetero) is 1. The maximum absolute atomic E-state index is 11.7. The first-order chi connectivity index (χ1) is 9.54. The van der Waals surface area contributed by atoms with E-state index in [4.69, 9.17) is 4.74 Å². The number of carbonyl (C=O) groups excluding carboxylic acids is 3. The van der Waals surface area contributed by atoms with Crippen molar-refractivity contribution in [1.29, 1.82) is 0 Å². The Hall–Kier alpha value is -2.43. The Morgan fingerprint density at radius 2 is 1.75 bits per heavy atom. The van der Waals surface area contributed by atoms with E-state index in [-0.39, 0.29) is 31.0 Å². The van der Waals surface area contributed by atoms with Gasteiger partial charge in [-0.1, -0.05) is 36.9 Å². The summed E-state index contributed by atoms with van der Waals surface area (Å²) in [7, 11) is 0. The molecule has 0 aliphatic carbocycles. The summed E-state index contributed by atoms with van der Waals surface area (Å²) in [6, 6.07) is 8.47. The second kappa shape index (κ2) is 7.89. The van der Waals surface area contributed by atoms with E-state index in [1.807, 2.05) is 0 Å². The van der Waals surface area contributed by atoms with Crippen LogP contribution in [-0.4, -0.2) is 30.9 Å². The van der Waals surface area contributed by atoms with Gasteiger partial charge in [-0.05, 0) is 6.92 Å². The lowest BCUT2D eigenvalue weighted by Gasteiger charge is -2.06. The molecule has 20 heavy (non-hydrogen) atoms. The van der Waals surface area contributed by atoms with Crippen molar-refractivity contribution in [2.24, 2.45) is 0 Å². The quantitative estimate of drug-likeness (QED) is 0.432. The van der Waals surface area contributed by atoms with Crippen molar-refractivity contribution in [3.63, 3.8) is 0 Å². The van der Waals surface area contributed by atoms with E-state index in [1.54, 1.807) is 37.3 Å². The van der Waals surface area contributed by atoms with Gasteiger partial charge in [0.05, 0.1) is 13.0 Å². The Kier molecular flexibility index (Phi) is 6.16. The van der Waals surface area contributed by atoms with Crippen LogP contribution in [0.5, 0.6) is 0 Å². The number of hydrogen-bond acceptors (Lipinski definition) is 5. The highest BCUT2D eigenvalue weighted by molar-refractivity contribution is 5.99. The van der Waals surface area contributed by atoms with Crippen LogP contribution in [0.25, 0.3) is 0 Å². The molecule has 106 valence electrons. The third kappa shape index (κ3) is 5.06. The van der Waals surface area contributed by atoms with Gasteiger partial charge in [-0.15, -0.1) is 0 Å². The summed E-state index contributed by atoms with van der Waals surface area (Å²) in [5, 5.41) is 0. The molecule has 0 unspecified atom stereocenters. The number of esters is 2. The van der Waals surface area contributed by atoms with Gasteiger partial charge >= 0.3 is 11.9 Å². The first-order valence-corrected chi connectivity index (χ1v) is 6.13.